The molecule has 0 aliphatic carbocycles. The number of likely N-dealkylation sites (tertiary alicyclic amines) is 1. The zero-order valence-corrected chi connectivity index (χ0v) is 17.0. The molecule has 1 amide bonds. The Labute approximate surface area is 171 Å². The molecule has 150 valence electrons. The van der Waals surface area contributed by atoms with Crippen molar-refractivity contribution in [1.82, 2.24) is 10.2 Å². The quantitative estimate of drug-likeness (QED) is 0.683. The van der Waals surface area contributed by atoms with E-state index in [1.165, 1.54) is 0 Å². The summed E-state index contributed by atoms with van der Waals surface area (Å²) >= 11 is 6.25. The third-order valence-corrected chi connectivity index (χ3v) is 5.41. The minimum atomic E-state index is 0.0637. The van der Waals surface area contributed by atoms with Gasteiger partial charge in [0.2, 0.25) is 5.91 Å². The van der Waals surface area contributed by atoms with Crippen LogP contribution in [0, 0.1) is 5.92 Å². The van der Waals surface area contributed by atoms with Gasteiger partial charge in [-0.2, -0.15) is 0 Å². The number of rotatable bonds is 8. The average molecular weight is 403 g/mol. The van der Waals surface area contributed by atoms with Gasteiger partial charge < -0.3 is 14.8 Å². The largest absolute Gasteiger partial charge is 0.493 e. The second kappa shape index (κ2) is 10.3. The van der Waals surface area contributed by atoms with Crippen LogP contribution in [-0.4, -0.2) is 44.2 Å². The summed E-state index contributed by atoms with van der Waals surface area (Å²) in [5, 5.41) is 3.79. The lowest BCUT2D eigenvalue weighted by Gasteiger charge is -2.31. The van der Waals surface area contributed by atoms with E-state index in [1.54, 1.807) is 7.11 Å². The van der Waals surface area contributed by atoms with Crippen LogP contribution < -0.4 is 14.8 Å². The van der Waals surface area contributed by atoms with E-state index in [0.29, 0.717) is 24.7 Å². The molecular formula is C22H27ClN2O3. The molecule has 1 fully saturated rings. The number of hydrogen-bond acceptors (Lipinski definition) is 4. The Balaban J connectivity index is 1.36. The van der Waals surface area contributed by atoms with E-state index in [1.807, 2.05) is 42.5 Å². The third-order valence-electron chi connectivity index (χ3n) is 5.04. The van der Waals surface area contributed by atoms with Crippen LogP contribution in [0.1, 0.15) is 18.4 Å². The van der Waals surface area contributed by atoms with Crippen LogP contribution in [-0.2, 0) is 11.3 Å². The summed E-state index contributed by atoms with van der Waals surface area (Å²) in [6.45, 7) is 3.54. The maximum Gasteiger partial charge on any atom is 0.223 e. The lowest BCUT2D eigenvalue weighted by Crippen LogP contribution is -2.41. The van der Waals surface area contributed by atoms with E-state index in [0.717, 1.165) is 43.1 Å². The van der Waals surface area contributed by atoms with E-state index in [-0.39, 0.29) is 11.8 Å². The monoisotopic (exact) mass is 402 g/mol. The van der Waals surface area contributed by atoms with Crippen LogP contribution in [0.5, 0.6) is 11.5 Å². The van der Waals surface area contributed by atoms with E-state index in [4.69, 9.17) is 21.1 Å². The molecule has 1 aliphatic rings. The van der Waals surface area contributed by atoms with Gasteiger partial charge in [0.25, 0.3) is 0 Å². The van der Waals surface area contributed by atoms with Crippen molar-refractivity contribution in [3.8, 4) is 11.5 Å². The van der Waals surface area contributed by atoms with Gasteiger partial charge in [-0.3, -0.25) is 9.69 Å². The number of ether oxygens (including phenoxy) is 2. The van der Waals surface area contributed by atoms with Crippen molar-refractivity contribution in [1.29, 1.82) is 0 Å². The van der Waals surface area contributed by atoms with Crippen molar-refractivity contribution in [2.24, 2.45) is 5.92 Å². The number of halogens is 1. The van der Waals surface area contributed by atoms with Gasteiger partial charge in [0.1, 0.15) is 6.61 Å². The fourth-order valence-corrected chi connectivity index (χ4v) is 3.63. The molecule has 1 aliphatic heterocycles. The number of carbonyl (C=O) groups is 1. The molecule has 0 bridgehead atoms. The number of hydrogen-bond donors (Lipinski definition) is 1. The topological polar surface area (TPSA) is 50.8 Å². The molecule has 1 N–H and O–H groups in total. The van der Waals surface area contributed by atoms with Crippen LogP contribution in [0.3, 0.4) is 0 Å². The van der Waals surface area contributed by atoms with Gasteiger partial charge in [0, 0.05) is 17.5 Å². The number of nitrogens with zero attached hydrogens (tertiary/aromatic N) is 1. The first-order chi connectivity index (χ1) is 13.7. The van der Waals surface area contributed by atoms with Gasteiger partial charge in [-0.1, -0.05) is 41.9 Å². The van der Waals surface area contributed by atoms with Crippen molar-refractivity contribution >= 4 is 17.5 Å². The number of carbonyl (C=O) groups excluding carboxylic acids is 1. The lowest BCUT2D eigenvalue weighted by molar-refractivity contribution is -0.126. The number of amides is 1. The van der Waals surface area contributed by atoms with Gasteiger partial charge in [0.15, 0.2) is 11.5 Å². The van der Waals surface area contributed by atoms with Gasteiger partial charge >= 0.3 is 0 Å². The third kappa shape index (κ3) is 5.63. The molecule has 6 heteroatoms. The van der Waals surface area contributed by atoms with E-state index in [9.17, 15) is 4.79 Å². The van der Waals surface area contributed by atoms with Gasteiger partial charge in [-0.15, -0.1) is 0 Å². The van der Waals surface area contributed by atoms with Crippen LogP contribution in [0.2, 0.25) is 5.02 Å². The summed E-state index contributed by atoms with van der Waals surface area (Å²) < 4.78 is 11.0. The standard InChI is InChI=1S/C22H27ClN2O3/c1-27-20-8-4-5-9-21(20)28-15-12-24-22(26)17-10-13-25(14-11-17)16-18-6-2-3-7-19(18)23/h2-9,17H,10-16H2,1H3,(H,24,26). The Morgan fingerprint density at radius 3 is 2.50 bits per heavy atom. The number of benzene rings is 2. The maximum atomic E-state index is 12.4. The van der Waals surface area contributed by atoms with Crippen LogP contribution >= 0.6 is 11.6 Å². The number of piperidine rings is 1. The first-order valence-electron chi connectivity index (χ1n) is 9.66. The predicted octanol–water partition coefficient (Wildman–Crippen LogP) is 3.76. The summed E-state index contributed by atoms with van der Waals surface area (Å²) in [7, 11) is 1.61. The molecule has 0 saturated carbocycles. The zero-order valence-electron chi connectivity index (χ0n) is 16.2. The Hall–Kier alpha value is -2.24. The molecule has 1 heterocycles. The predicted molar refractivity (Wildman–Crippen MR) is 111 cm³/mol. The summed E-state index contributed by atoms with van der Waals surface area (Å²) in [6.07, 6.45) is 1.73. The molecule has 0 radical (unpaired) electrons. The molecule has 3 rings (SSSR count). The number of methoxy groups -OCH3 is 1. The SMILES string of the molecule is COc1ccccc1OCCNC(=O)C1CCN(Cc2ccccc2Cl)CC1. The molecule has 1 saturated heterocycles. The smallest absolute Gasteiger partial charge is 0.223 e. The van der Waals surface area contributed by atoms with Gasteiger partial charge in [0.05, 0.1) is 13.7 Å². The maximum absolute atomic E-state index is 12.4. The van der Waals surface area contributed by atoms with Crippen molar-refractivity contribution in [3.63, 3.8) is 0 Å². The minimum absolute atomic E-state index is 0.0637. The minimum Gasteiger partial charge on any atom is -0.493 e. The summed E-state index contributed by atoms with van der Waals surface area (Å²) in [5.74, 6) is 1.56. The first-order valence-corrected chi connectivity index (χ1v) is 10.0. The number of nitrogens with one attached hydrogen (secondary N) is 1. The molecule has 0 aromatic heterocycles. The van der Waals surface area contributed by atoms with E-state index in [2.05, 4.69) is 16.3 Å². The van der Waals surface area contributed by atoms with Crippen LogP contribution in [0.4, 0.5) is 0 Å². The average Bonchev–Trinajstić information content (AvgIpc) is 2.73. The van der Waals surface area contributed by atoms with Gasteiger partial charge in [-0.25, -0.2) is 0 Å². The molecule has 2 aromatic carbocycles. The fourth-order valence-electron chi connectivity index (χ4n) is 3.44. The second-order valence-corrected chi connectivity index (χ2v) is 7.34. The Morgan fingerprint density at radius 2 is 1.79 bits per heavy atom. The fraction of sp³-hybridized carbons (Fsp3) is 0.409. The Morgan fingerprint density at radius 1 is 1.11 bits per heavy atom. The first kappa shape index (κ1) is 20.5. The summed E-state index contributed by atoms with van der Waals surface area (Å²) in [5.41, 5.74) is 1.14. The highest BCUT2D eigenvalue weighted by Crippen LogP contribution is 2.25. The summed E-state index contributed by atoms with van der Waals surface area (Å²) in [4.78, 5) is 14.8. The van der Waals surface area contributed by atoms with Crippen molar-refractivity contribution in [3.05, 3.63) is 59.1 Å². The normalized spacial score (nSPS) is 15.2. The molecular weight excluding hydrogens is 376 g/mol. The van der Waals surface area contributed by atoms with E-state index < -0.39 is 0 Å². The highest BCUT2D eigenvalue weighted by molar-refractivity contribution is 6.31. The van der Waals surface area contributed by atoms with Crippen molar-refractivity contribution < 1.29 is 14.3 Å². The number of para-hydroxylation sites is 2. The van der Waals surface area contributed by atoms with Gasteiger partial charge in [-0.05, 0) is 49.7 Å². The molecule has 28 heavy (non-hydrogen) atoms. The van der Waals surface area contributed by atoms with Crippen molar-refractivity contribution in [2.75, 3.05) is 33.4 Å². The molecule has 2 aromatic rings. The zero-order chi connectivity index (χ0) is 19.8. The van der Waals surface area contributed by atoms with Crippen molar-refractivity contribution in [2.45, 2.75) is 19.4 Å². The highest BCUT2D eigenvalue weighted by Gasteiger charge is 2.25. The summed E-state index contributed by atoms with van der Waals surface area (Å²) in [6, 6.07) is 15.4. The van der Waals surface area contributed by atoms with Crippen LogP contribution in [0.15, 0.2) is 48.5 Å². The van der Waals surface area contributed by atoms with Crippen LogP contribution in [0.25, 0.3) is 0 Å². The lowest BCUT2D eigenvalue weighted by atomic mass is 9.95. The Bertz CT molecular complexity index is 776. The van der Waals surface area contributed by atoms with E-state index >= 15 is 0 Å². The molecule has 0 spiro atoms. The second-order valence-electron chi connectivity index (χ2n) is 6.93. The molecule has 0 unspecified atom stereocenters. The molecule has 5 nitrogen and oxygen atoms in total. The highest BCUT2D eigenvalue weighted by atomic mass is 35.5. The Kier molecular flexibility index (Phi) is 7.57. The molecule has 0 atom stereocenters.